The molecule has 2 saturated heterocycles. The molecule has 0 radical (unpaired) electrons. The molecule has 598 valence electrons. The van der Waals surface area contributed by atoms with E-state index in [4.69, 9.17) is 42.2 Å². The molecule has 3 rings (SSSR count). The van der Waals surface area contributed by atoms with Crippen LogP contribution in [-0.4, -0.2) is 204 Å². The van der Waals surface area contributed by atoms with Crippen molar-refractivity contribution < 1.29 is 117 Å². The van der Waals surface area contributed by atoms with Crippen molar-refractivity contribution in [3.8, 4) is 0 Å². The molecule has 20 unspecified atom stereocenters. The van der Waals surface area contributed by atoms with Crippen molar-refractivity contribution >= 4 is 25.7 Å². The van der Waals surface area contributed by atoms with E-state index >= 15 is 0 Å². The van der Waals surface area contributed by atoms with Crippen molar-refractivity contribution in [1.29, 1.82) is 0 Å². The molecule has 1 aliphatic carbocycles. The van der Waals surface area contributed by atoms with E-state index in [9.17, 15) is 74.9 Å². The third kappa shape index (κ3) is 39.5. The smallest absolute Gasteiger partial charge is 0.463 e. The van der Waals surface area contributed by atoms with Gasteiger partial charge in [0.05, 0.1) is 13.2 Å². The number of unbranched alkanes of at least 4 members (excludes halogenated alkanes) is 31. The van der Waals surface area contributed by atoms with E-state index in [0.29, 0.717) is 24.7 Å². The van der Waals surface area contributed by atoms with Crippen molar-refractivity contribution in [2.45, 2.75) is 408 Å². The lowest BCUT2D eigenvalue weighted by atomic mass is 9.84. The molecule has 25 heteroatoms. The van der Waals surface area contributed by atoms with Crippen LogP contribution < -0.4 is 0 Å². The SMILES string of the molecule is CCCCCCCCCCCCC/C=C/C=C/C(=O)OCC(COP(=O)(O)OC1C(OC2OC(CO)C(O)C(O)C2O)C(O)C(O)C(O)C1OC1OC(COC(=O)CCCCCCCCC(C)CCCCCCCC)C(O)C(O)C1O)OC(=O)CCCCCCCCC(C)CCCCCCCC. The topological polar surface area (TPSA) is 374 Å². The molecular weight excluding hydrogens is 1340 g/mol. The number of phosphoric acid groups is 1. The molecule has 2 heterocycles. The van der Waals surface area contributed by atoms with Gasteiger partial charge in [-0.05, 0) is 37.5 Å². The number of hydrogen-bond donors (Lipinski definition) is 11. The summed E-state index contributed by atoms with van der Waals surface area (Å²) < 4.78 is 65.0. The summed E-state index contributed by atoms with van der Waals surface area (Å²) in [4.78, 5) is 51.1. The zero-order valence-electron chi connectivity index (χ0n) is 63.0. The van der Waals surface area contributed by atoms with Gasteiger partial charge >= 0.3 is 25.7 Å². The molecule has 0 amide bonds. The number of hydrogen-bond acceptors (Lipinski definition) is 23. The van der Waals surface area contributed by atoms with Crippen molar-refractivity contribution in [3.05, 3.63) is 24.3 Å². The number of carbonyl (C=O) groups is 3. The van der Waals surface area contributed by atoms with E-state index in [-0.39, 0.29) is 12.8 Å². The molecule has 102 heavy (non-hydrogen) atoms. The third-order valence-corrected chi connectivity index (χ3v) is 21.1. The standard InChI is InChI=1S/C77H141O24P/c1-6-9-12-15-18-19-20-21-22-23-24-25-26-35-42-49-61(79)93-53-58(96-63(81)51-44-37-30-28-34-41-48-57(5)46-39-32-17-14-11-8-3)54-95-102(91,92)101-75-73(99-76-71(89)66(84)64(82)59(52-78)97-76)69(87)68(86)70(88)74(75)100-77-72(90)67(85)65(83)60(98-77)55-94-62(80)50-43-36-29-27-33-40-47-56(4)45-38-31-16-13-10-7-2/h26,35,42,49,56-60,64-78,82-90H,6-25,27-34,36-41,43-48,50-55H2,1-5H3,(H,91,92)/b35-26+,49-42+. The van der Waals surface area contributed by atoms with Crippen molar-refractivity contribution in [2.75, 3.05) is 26.4 Å². The molecule has 24 nitrogen and oxygen atoms in total. The summed E-state index contributed by atoms with van der Waals surface area (Å²) in [5, 5.41) is 110. The van der Waals surface area contributed by atoms with Crippen LogP contribution in [-0.2, 0) is 61.2 Å². The van der Waals surface area contributed by atoms with Gasteiger partial charge in [0, 0.05) is 18.9 Å². The van der Waals surface area contributed by atoms with Crippen LogP contribution in [0.5, 0.6) is 0 Å². The Morgan fingerprint density at radius 2 is 0.814 bits per heavy atom. The molecule has 0 aromatic rings. The third-order valence-electron chi connectivity index (χ3n) is 20.1. The maximum absolute atomic E-state index is 14.4. The predicted octanol–water partition coefficient (Wildman–Crippen LogP) is 11.8. The highest BCUT2D eigenvalue weighted by Crippen LogP contribution is 2.49. The average molecular weight is 1480 g/mol. The fourth-order valence-corrected chi connectivity index (χ4v) is 14.4. The first-order valence-electron chi connectivity index (χ1n) is 39.9. The fourth-order valence-electron chi connectivity index (χ4n) is 13.5. The van der Waals surface area contributed by atoms with Gasteiger partial charge in [-0.15, -0.1) is 0 Å². The van der Waals surface area contributed by atoms with Gasteiger partial charge in [-0.3, -0.25) is 18.6 Å². The largest absolute Gasteiger partial charge is 0.472 e. The molecule has 0 aromatic heterocycles. The van der Waals surface area contributed by atoms with Crippen molar-refractivity contribution in [2.24, 2.45) is 11.8 Å². The molecule has 1 saturated carbocycles. The van der Waals surface area contributed by atoms with Crippen LogP contribution in [0.25, 0.3) is 0 Å². The Morgan fingerprint density at radius 3 is 1.25 bits per heavy atom. The second-order valence-corrected chi connectivity index (χ2v) is 30.8. The van der Waals surface area contributed by atoms with E-state index in [1.807, 2.05) is 6.08 Å². The van der Waals surface area contributed by atoms with Gasteiger partial charge in [-0.2, -0.15) is 0 Å². The van der Waals surface area contributed by atoms with Gasteiger partial charge in [0.25, 0.3) is 0 Å². The first kappa shape index (κ1) is 93.6. The highest BCUT2D eigenvalue weighted by Gasteiger charge is 2.58. The predicted molar refractivity (Wildman–Crippen MR) is 388 cm³/mol. The van der Waals surface area contributed by atoms with Crippen LogP contribution in [0.4, 0.5) is 0 Å². The van der Waals surface area contributed by atoms with E-state index in [2.05, 4.69) is 34.6 Å². The van der Waals surface area contributed by atoms with Gasteiger partial charge in [0.2, 0.25) is 0 Å². The van der Waals surface area contributed by atoms with Crippen LogP contribution in [0.1, 0.15) is 304 Å². The average Bonchev–Trinajstić information content (AvgIpc) is 0.762. The van der Waals surface area contributed by atoms with Gasteiger partial charge in [-0.1, -0.05) is 284 Å². The quantitative estimate of drug-likeness (QED) is 0.00673. The Morgan fingerprint density at radius 1 is 0.431 bits per heavy atom. The van der Waals surface area contributed by atoms with Crippen LogP contribution in [0, 0.1) is 11.8 Å². The van der Waals surface area contributed by atoms with Gasteiger partial charge in [-0.25, -0.2) is 9.36 Å². The number of phosphoric ester groups is 1. The Labute approximate surface area is 611 Å². The monoisotopic (exact) mass is 1480 g/mol. The molecule has 3 aliphatic rings. The maximum Gasteiger partial charge on any atom is 0.472 e. The maximum atomic E-state index is 14.4. The number of allylic oxidation sites excluding steroid dienone is 3. The van der Waals surface area contributed by atoms with Gasteiger partial charge < -0.3 is 89.1 Å². The number of rotatable bonds is 61. The molecule has 0 aromatic carbocycles. The van der Waals surface area contributed by atoms with Gasteiger partial charge in [0.15, 0.2) is 18.7 Å². The summed E-state index contributed by atoms with van der Waals surface area (Å²) in [6.45, 7) is 7.99. The number of carbonyl (C=O) groups excluding carboxylic acids is 3. The Bertz CT molecular complexity index is 2230. The van der Waals surface area contributed by atoms with E-state index in [1.54, 1.807) is 6.08 Å². The fraction of sp³-hybridized carbons (Fsp3) is 0.909. The second kappa shape index (κ2) is 56.7. The number of esters is 3. The lowest BCUT2D eigenvalue weighted by Crippen LogP contribution is -2.69. The minimum atomic E-state index is -5.72. The zero-order chi connectivity index (χ0) is 74.9. The second-order valence-electron chi connectivity index (χ2n) is 29.4. The Balaban J connectivity index is 1.75. The van der Waals surface area contributed by atoms with E-state index in [0.717, 1.165) is 96.0 Å². The molecular formula is C77H141O24P. The lowest BCUT2D eigenvalue weighted by Gasteiger charge is -2.49. The number of ether oxygens (including phenoxy) is 7. The summed E-state index contributed by atoms with van der Waals surface area (Å²) in [6, 6.07) is 0. The van der Waals surface area contributed by atoms with Crippen molar-refractivity contribution in [3.63, 3.8) is 0 Å². The zero-order valence-corrected chi connectivity index (χ0v) is 63.9. The number of aliphatic hydroxyl groups excluding tert-OH is 10. The molecule has 20 atom stereocenters. The van der Waals surface area contributed by atoms with Crippen LogP contribution in [0.15, 0.2) is 24.3 Å². The molecule has 3 fully saturated rings. The van der Waals surface area contributed by atoms with Crippen LogP contribution >= 0.6 is 7.82 Å². The summed E-state index contributed by atoms with van der Waals surface area (Å²) in [5.74, 6) is -0.873. The highest BCUT2D eigenvalue weighted by molar-refractivity contribution is 7.47. The minimum absolute atomic E-state index is 0.0258. The van der Waals surface area contributed by atoms with E-state index in [1.165, 1.54) is 160 Å². The Kier molecular flexibility index (Phi) is 52.0. The normalized spacial score (nSPS) is 27.8. The highest BCUT2D eigenvalue weighted by atomic mass is 31.2. The van der Waals surface area contributed by atoms with E-state index < -0.39 is 156 Å². The summed E-state index contributed by atoms with van der Waals surface area (Å²) >= 11 is 0. The summed E-state index contributed by atoms with van der Waals surface area (Å²) in [7, 11) is -5.72. The Hall–Kier alpha value is -2.56. The molecule has 2 aliphatic heterocycles. The van der Waals surface area contributed by atoms with Gasteiger partial charge in [0.1, 0.15) is 98.7 Å². The minimum Gasteiger partial charge on any atom is -0.463 e. The van der Waals surface area contributed by atoms with Crippen LogP contribution in [0.2, 0.25) is 0 Å². The summed E-state index contributed by atoms with van der Waals surface area (Å²) in [5.41, 5.74) is 0. The molecule has 11 N–H and O–H groups in total. The first-order chi connectivity index (χ1) is 49.1. The first-order valence-corrected chi connectivity index (χ1v) is 41.4. The molecule has 0 bridgehead atoms. The van der Waals surface area contributed by atoms with Crippen LogP contribution in [0.3, 0.4) is 0 Å². The number of aliphatic hydroxyl groups is 10. The van der Waals surface area contributed by atoms with Crippen molar-refractivity contribution in [1.82, 2.24) is 0 Å². The molecule has 0 spiro atoms. The lowest BCUT2D eigenvalue weighted by molar-refractivity contribution is -0.360. The summed E-state index contributed by atoms with van der Waals surface area (Å²) in [6.07, 6.45) is 15.9.